The average molecular weight is 266 g/mol. The predicted molar refractivity (Wildman–Crippen MR) is 69.9 cm³/mol. The number of aliphatic carboxylic acids is 1. The van der Waals surface area contributed by atoms with Gasteiger partial charge in [0.1, 0.15) is 5.75 Å². The topological polar surface area (TPSA) is 102 Å². The molecule has 1 aromatic rings. The van der Waals surface area contributed by atoms with Gasteiger partial charge in [0.25, 0.3) is 0 Å². The number of nitrogens with one attached hydrogen (secondary N) is 1. The van der Waals surface area contributed by atoms with E-state index in [9.17, 15) is 9.59 Å². The van der Waals surface area contributed by atoms with Crippen LogP contribution in [0.1, 0.15) is 12.5 Å². The van der Waals surface area contributed by atoms with Crippen molar-refractivity contribution in [1.29, 1.82) is 0 Å². The number of carbonyl (C=O) groups excluding carboxylic acids is 1. The van der Waals surface area contributed by atoms with Gasteiger partial charge in [-0.25, -0.2) is 4.79 Å². The number of ether oxygens (including phenoxy) is 1. The Bertz CT molecular complexity index is 431. The van der Waals surface area contributed by atoms with Crippen molar-refractivity contribution in [3.8, 4) is 5.75 Å². The Morgan fingerprint density at radius 1 is 1.37 bits per heavy atom. The van der Waals surface area contributed by atoms with Crippen LogP contribution in [0.15, 0.2) is 24.3 Å². The molecule has 0 heterocycles. The van der Waals surface area contributed by atoms with Gasteiger partial charge in [-0.2, -0.15) is 0 Å². The fourth-order valence-corrected chi connectivity index (χ4v) is 1.47. The molecule has 104 valence electrons. The zero-order chi connectivity index (χ0) is 14.3. The summed E-state index contributed by atoms with van der Waals surface area (Å²) in [5, 5.41) is 11.0. The van der Waals surface area contributed by atoms with E-state index in [1.54, 1.807) is 0 Å². The van der Waals surface area contributed by atoms with Crippen molar-refractivity contribution in [1.82, 2.24) is 5.32 Å². The van der Waals surface area contributed by atoms with Gasteiger partial charge in [-0.1, -0.05) is 12.1 Å². The second-order valence-electron chi connectivity index (χ2n) is 3.93. The fourth-order valence-electron chi connectivity index (χ4n) is 1.47. The third-order valence-electron chi connectivity index (χ3n) is 2.50. The van der Waals surface area contributed by atoms with E-state index in [0.717, 1.165) is 11.3 Å². The van der Waals surface area contributed by atoms with Crippen LogP contribution in [0.2, 0.25) is 0 Å². The number of benzene rings is 1. The molecule has 19 heavy (non-hydrogen) atoms. The maximum atomic E-state index is 11.3. The van der Waals surface area contributed by atoms with Gasteiger partial charge in [0.15, 0.2) is 6.04 Å². The Hall–Kier alpha value is -2.08. The number of carbonyl (C=O) groups is 2. The van der Waals surface area contributed by atoms with Gasteiger partial charge in [-0.15, -0.1) is 0 Å². The highest BCUT2D eigenvalue weighted by atomic mass is 16.5. The third-order valence-corrected chi connectivity index (χ3v) is 2.50. The second kappa shape index (κ2) is 7.38. The Morgan fingerprint density at radius 2 is 2.00 bits per heavy atom. The summed E-state index contributed by atoms with van der Waals surface area (Å²) in [6, 6.07) is 5.98. The van der Waals surface area contributed by atoms with Gasteiger partial charge in [0.05, 0.1) is 6.61 Å². The number of nitrogens with two attached hydrogens (primary N) is 1. The maximum Gasteiger partial charge on any atom is 0.330 e. The van der Waals surface area contributed by atoms with Crippen molar-refractivity contribution in [3.63, 3.8) is 0 Å². The van der Waals surface area contributed by atoms with E-state index >= 15 is 0 Å². The number of carboxylic acids is 1. The summed E-state index contributed by atoms with van der Waals surface area (Å²) in [4.78, 5) is 21.8. The molecule has 1 rings (SSSR count). The summed E-state index contributed by atoms with van der Waals surface area (Å²) >= 11 is 0. The van der Waals surface area contributed by atoms with Crippen LogP contribution < -0.4 is 15.8 Å². The Kier molecular flexibility index (Phi) is 5.81. The molecule has 1 amide bonds. The summed E-state index contributed by atoms with van der Waals surface area (Å²) in [5.41, 5.74) is 6.19. The van der Waals surface area contributed by atoms with E-state index in [4.69, 9.17) is 15.6 Å². The van der Waals surface area contributed by atoms with Crippen molar-refractivity contribution in [2.24, 2.45) is 5.73 Å². The molecule has 1 atom stereocenters. The molecular formula is C13H18N2O4. The lowest BCUT2D eigenvalue weighted by Crippen LogP contribution is -2.46. The van der Waals surface area contributed by atoms with E-state index < -0.39 is 17.9 Å². The third kappa shape index (κ3) is 4.97. The first kappa shape index (κ1) is 15.0. The van der Waals surface area contributed by atoms with E-state index in [2.05, 4.69) is 5.32 Å². The second-order valence-corrected chi connectivity index (χ2v) is 3.93. The van der Waals surface area contributed by atoms with Crippen LogP contribution in [0.4, 0.5) is 0 Å². The van der Waals surface area contributed by atoms with Gasteiger partial charge < -0.3 is 20.9 Å². The van der Waals surface area contributed by atoms with Crippen molar-refractivity contribution in [2.45, 2.75) is 19.4 Å². The number of carboxylic acid groups (broad SMARTS) is 1. The molecular weight excluding hydrogens is 248 g/mol. The molecule has 0 aliphatic heterocycles. The molecule has 6 heteroatoms. The van der Waals surface area contributed by atoms with Gasteiger partial charge in [0, 0.05) is 6.54 Å². The molecule has 0 aliphatic rings. The molecule has 1 unspecified atom stereocenters. The first-order valence-electron chi connectivity index (χ1n) is 6.02. The van der Waals surface area contributed by atoms with E-state index in [0.29, 0.717) is 19.6 Å². The molecule has 0 aliphatic carbocycles. The molecule has 0 saturated carbocycles. The first-order valence-corrected chi connectivity index (χ1v) is 6.02. The summed E-state index contributed by atoms with van der Waals surface area (Å²) < 4.78 is 5.31. The van der Waals surface area contributed by atoms with Gasteiger partial charge in [-0.3, -0.25) is 4.79 Å². The summed E-state index contributed by atoms with van der Waals surface area (Å²) in [6.07, 6.45) is 0.602. The zero-order valence-corrected chi connectivity index (χ0v) is 10.8. The van der Waals surface area contributed by atoms with Gasteiger partial charge in [-0.05, 0) is 31.0 Å². The lowest BCUT2D eigenvalue weighted by atomic mass is 10.1. The monoisotopic (exact) mass is 266 g/mol. The van der Waals surface area contributed by atoms with E-state index in [-0.39, 0.29) is 0 Å². The van der Waals surface area contributed by atoms with Gasteiger partial charge >= 0.3 is 5.97 Å². The largest absolute Gasteiger partial charge is 0.494 e. The molecule has 1 aromatic carbocycles. The highest BCUT2D eigenvalue weighted by molar-refractivity contribution is 6.00. The quantitative estimate of drug-likeness (QED) is 0.610. The normalized spacial score (nSPS) is 11.7. The van der Waals surface area contributed by atoms with Crippen LogP contribution >= 0.6 is 0 Å². The van der Waals surface area contributed by atoms with Crippen LogP contribution in [-0.4, -0.2) is 36.2 Å². The van der Waals surface area contributed by atoms with Crippen molar-refractivity contribution in [3.05, 3.63) is 29.8 Å². The Labute approximate surface area is 111 Å². The van der Waals surface area contributed by atoms with Crippen molar-refractivity contribution >= 4 is 11.9 Å². The first-order chi connectivity index (χ1) is 9.04. The van der Waals surface area contributed by atoms with Crippen molar-refractivity contribution < 1.29 is 19.4 Å². The smallest absolute Gasteiger partial charge is 0.330 e. The van der Waals surface area contributed by atoms with Crippen molar-refractivity contribution in [2.75, 3.05) is 13.2 Å². The lowest BCUT2D eigenvalue weighted by Gasteiger charge is -2.08. The van der Waals surface area contributed by atoms with Crippen LogP contribution in [0.5, 0.6) is 5.75 Å². The van der Waals surface area contributed by atoms with Crippen LogP contribution in [0.25, 0.3) is 0 Å². The number of hydrogen-bond acceptors (Lipinski definition) is 4. The Balaban J connectivity index is 2.37. The highest BCUT2D eigenvalue weighted by Gasteiger charge is 2.20. The average Bonchev–Trinajstić information content (AvgIpc) is 2.40. The standard InChI is InChI=1S/C13H18N2O4/c1-2-19-10-5-3-9(4-6-10)7-8-15-12(16)11(14)13(17)18/h3-6,11H,2,7-8,14H2,1H3,(H,15,16)(H,17,18). The summed E-state index contributed by atoms with van der Waals surface area (Å²) in [5.74, 6) is -1.22. The molecule has 0 aromatic heterocycles. The Morgan fingerprint density at radius 3 is 2.53 bits per heavy atom. The minimum atomic E-state index is -1.51. The number of amides is 1. The molecule has 6 nitrogen and oxygen atoms in total. The van der Waals surface area contributed by atoms with Crippen LogP contribution in [0.3, 0.4) is 0 Å². The van der Waals surface area contributed by atoms with Crippen LogP contribution in [0, 0.1) is 0 Å². The highest BCUT2D eigenvalue weighted by Crippen LogP contribution is 2.12. The fraction of sp³-hybridized carbons (Fsp3) is 0.385. The minimum absolute atomic E-state index is 0.341. The summed E-state index contributed by atoms with van der Waals surface area (Å²) in [7, 11) is 0. The van der Waals surface area contributed by atoms with E-state index in [1.807, 2.05) is 31.2 Å². The number of hydrogen-bond donors (Lipinski definition) is 3. The van der Waals surface area contributed by atoms with E-state index in [1.165, 1.54) is 0 Å². The number of rotatable bonds is 7. The molecule has 0 fully saturated rings. The molecule has 0 bridgehead atoms. The minimum Gasteiger partial charge on any atom is -0.494 e. The molecule has 0 saturated heterocycles. The maximum absolute atomic E-state index is 11.3. The molecule has 0 spiro atoms. The zero-order valence-electron chi connectivity index (χ0n) is 10.8. The lowest BCUT2D eigenvalue weighted by molar-refractivity contribution is -0.142. The molecule has 4 N–H and O–H groups in total. The summed E-state index contributed by atoms with van der Waals surface area (Å²) in [6.45, 7) is 2.87. The molecule has 0 radical (unpaired) electrons. The van der Waals surface area contributed by atoms with Gasteiger partial charge in [0.2, 0.25) is 5.91 Å². The van der Waals surface area contributed by atoms with Crippen LogP contribution in [-0.2, 0) is 16.0 Å². The SMILES string of the molecule is CCOc1ccc(CCNC(=O)C(N)C(=O)O)cc1. The predicted octanol–water partition coefficient (Wildman–Crippen LogP) is 0.156.